The largest absolute Gasteiger partial charge is 0.466 e. The average molecular weight is 495 g/mol. The summed E-state index contributed by atoms with van der Waals surface area (Å²) in [6.45, 7) is 0.987. The summed E-state index contributed by atoms with van der Waals surface area (Å²) in [7, 11) is 1.28. The lowest BCUT2D eigenvalue weighted by atomic mass is 9.95. The Labute approximate surface area is 198 Å². The van der Waals surface area contributed by atoms with Gasteiger partial charge >= 0.3 is 5.97 Å². The lowest BCUT2D eigenvalue weighted by molar-refractivity contribution is -0.136. The summed E-state index contributed by atoms with van der Waals surface area (Å²) in [5, 5.41) is 5.81. The minimum atomic E-state index is -1.00. The molecule has 1 N–H and O–H groups in total. The first kappa shape index (κ1) is 22.4. The number of rotatable bonds is 5. The predicted molar refractivity (Wildman–Crippen MR) is 120 cm³/mol. The maximum absolute atomic E-state index is 14.6. The van der Waals surface area contributed by atoms with E-state index >= 15 is 0 Å². The Hall–Kier alpha value is -2.40. The third kappa shape index (κ3) is 4.16. The van der Waals surface area contributed by atoms with E-state index in [0.717, 1.165) is 0 Å². The number of ether oxygens (including phenoxy) is 2. The standard InChI is InChI=1S/C22H21ClF2N4O3S/c1-31-22(30)18-16(8-29-12-7-15(25)17(29)10-32-9-12)27-20(21-26-4-5-33-21)28-19(18)13-3-2-11(24)6-14(13)23/h2-6,12,15,17,19H,7-10H2,1H3,(H,27,28)/t12?,15?,17?,19-/m0/s1. The summed E-state index contributed by atoms with van der Waals surface area (Å²) in [5.41, 5.74) is 1.23. The first-order valence-corrected chi connectivity index (χ1v) is 11.7. The molecular formula is C22H21ClF2N4O3S. The maximum atomic E-state index is 14.6. The van der Waals surface area contributed by atoms with E-state index in [-0.39, 0.29) is 23.2 Å². The highest BCUT2D eigenvalue weighted by Crippen LogP contribution is 2.38. The van der Waals surface area contributed by atoms with Gasteiger partial charge in [-0.3, -0.25) is 9.89 Å². The fourth-order valence-electron chi connectivity index (χ4n) is 4.62. The van der Waals surface area contributed by atoms with Gasteiger partial charge in [-0.25, -0.2) is 18.6 Å². The third-order valence-electron chi connectivity index (χ3n) is 6.17. The summed E-state index contributed by atoms with van der Waals surface area (Å²) < 4.78 is 39.0. The summed E-state index contributed by atoms with van der Waals surface area (Å²) in [6.07, 6.45) is 1.03. The number of benzene rings is 1. The van der Waals surface area contributed by atoms with Crippen molar-refractivity contribution in [2.24, 2.45) is 4.99 Å². The predicted octanol–water partition coefficient (Wildman–Crippen LogP) is 3.27. The van der Waals surface area contributed by atoms with Crippen molar-refractivity contribution in [3.63, 3.8) is 0 Å². The highest BCUT2D eigenvalue weighted by molar-refractivity contribution is 7.11. The number of methoxy groups -OCH3 is 1. The van der Waals surface area contributed by atoms with Crippen LogP contribution in [0.1, 0.15) is 23.0 Å². The number of carbonyl (C=O) groups is 1. The van der Waals surface area contributed by atoms with Crippen LogP contribution in [0, 0.1) is 5.82 Å². The van der Waals surface area contributed by atoms with Crippen molar-refractivity contribution in [2.45, 2.75) is 30.7 Å². The molecule has 2 fully saturated rings. The van der Waals surface area contributed by atoms with E-state index in [4.69, 9.17) is 26.1 Å². The highest BCUT2D eigenvalue weighted by Gasteiger charge is 2.46. The van der Waals surface area contributed by atoms with Crippen molar-refractivity contribution in [3.8, 4) is 0 Å². The second-order valence-electron chi connectivity index (χ2n) is 8.07. The zero-order valence-electron chi connectivity index (χ0n) is 17.6. The summed E-state index contributed by atoms with van der Waals surface area (Å²) in [4.78, 5) is 24.0. The number of thiazole rings is 1. The number of aromatic nitrogens is 1. The molecule has 4 atom stereocenters. The van der Waals surface area contributed by atoms with Gasteiger partial charge in [-0.15, -0.1) is 11.3 Å². The van der Waals surface area contributed by atoms with Crippen LogP contribution in [0.25, 0.3) is 0 Å². The number of aliphatic imine (C=N–C) groups is 1. The molecule has 2 bridgehead atoms. The maximum Gasteiger partial charge on any atom is 0.338 e. The van der Waals surface area contributed by atoms with Gasteiger partial charge < -0.3 is 14.8 Å². The Morgan fingerprint density at radius 2 is 2.27 bits per heavy atom. The molecule has 1 aromatic heterocycles. The van der Waals surface area contributed by atoms with Crippen molar-refractivity contribution in [1.82, 2.24) is 15.2 Å². The number of morpholine rings is 1. The minimum Gasteiger partial charge on any atom is -0.466 e. The third-order valence-corrected chi connectivity index (χ3v) is 7.28. The number of fused-ring (bicyclic) bond motifs is 2. The molecule has 5 rings (SSSR count). The van der Waals surface area contributed by atoms with Crippen molar-refractivity contribution in [3.05, 3.63) is 62.5 Å². The van der Waals surface area contributed by atoms with Crippen LogP contribution in [0.4, 0.5) is 8.78 Å². The van der Waals surface area contributed by atoms with Crippen LogP contribution in [0.2, 0.25) is 5.02 Å². The molecular weight excluding hydrogens is 474 g/mol. The van der Waals surface area contributed by atoms with Gasteiger partial charge in [0.1, 0.15) is 18.0 Å². The number of carbonyl (C=O) groups excluding carboxylic acids is 1. The van der Waals surface area contributed by atoms with E-state index in [1.165, 1.54) is 36.6 Å². The molecule has 2 saturated heterocycles. The molecule has 3 aliphatic rings. The number of alkyl halides is 1. The van der Waals surface area contributed by atoms with Crippen LogP contribution in [0.3, 0.4) is 0 Å². The number of amidine groups is 1. The van der Waals surface area contributed by atoms with E-state index in [1.807, 2.05) is 10.3 Å². The molecule has 0 spiro atoms. The molecule has 33 heavy (non-hydrogen) atoms. The minimum absolute atomic E-state index is 0.0954. The van der Waals surface area contributed by atoms with Crippen LogP contribution in [0.5, 0.6) is 0 Å². The van der Waals surface area contributed by atoms with Gasteiger partial charge in [0.2, 0.25) is 0 Å². The molecule has 2 aromatic rings. The van der Waals surface area contributed by atoms with E-state index in [1.54, 1.807) is 6.20 Å². The number of esters is 1. The highest BCUT2D eigenvalue weighted by atomic mass is 35.5. The number of hydrogen-bond donors (Lipinski definition) is 1. The first-order chi connectivity index (χ1) is 16.0. The van der Waals surface area contributed by atoms with Crippen LogP contribution >= 0.6 is 22.9 Å². The number of nitrogens with zero attached hydrogens (tertiary/aromatic N) is 3. The molecule has 1 aromatic carbocycles. The zero-order valence-corrected chi connectivity index (χ0v) is 19.2. The molecule has 3 aliphatic heterocycles. The Morgan fingerprint density at radius 3 is 2.97 bits per heavy atom. The summed E-state index contributed by atoms with van der Waals surface area (Å²) in [6, 6.07) is 2.62. The molecule has 0 aliphatic carbocycles. The molecule has 7 nitrogen and oxygen atoms in total. The molecule has 174 valence electrons. The van der Waals surface area contributed by atoms with Crippen LogP contribution < -0.4 is 5.32 Å². The van der Waals surface area contributed by atoms with Crippen molar-refractivity contribution in [2.75, 3.05) is 26.9 Å². The number of hydrogen-bond acceptors (Lipinski definition) is 8. The molecule has 0 radical (unpaired) electrons. The SMILES string of the molecule is COC(=O)C1=C(CN2C3COCC2C(F)C3)NC(c2nccs2)=N[C@H]1c1ccc(F)cc1Cl. The number of nitrogens with one attached hydrogen (secondary N) is 1. The Balaban J connectivity index is 1.61. The van der Waals surface area contributed by atoms with Gasteiger partial charge in [-0.05, 0) is 18.6 Å². The Bertz CT molecular complexity index is 1130. The van der Waals surface area contributed by atoms with Crippen molar-refractivity contribution >= 4 is 34.7 Å². The molecule has 0 amide bonds. The lowest BCUT2D eigenvalue weighted by Crippen LogP contribution is -2.50. The summed E-state index contributed by atoms with van der Waals surface area (Å²) >= 11 is 7.75. The second-order valence-corrected chi connectivity index (χ2v) is 9.38. The molecule has 0 saturated carbocycles. The van der Waals surface area contributed by atoms with Gasteiger partial charge in [0, 0.05) is 40.4 Å². The van der Waals surface area contributed by atoms with Crippen molar-refractivity contribution in [1.29, 1.82) is 0 Å². The number of halogens is 3. The van der Waals surface area contributed by atoms with E-state index in [2.05, 4.69) is 10.3 Å². The second kappa shape index (κ2) is 9.09. The lowest BCUT2D eigenvalue weighted by Gasteiger charge is -2.37. The summed E-state index contributed by atoms with van der Waals surface area (Å²) in [5.74, 6) is -0.637. The van der Waals surface area contributed by atoms with Gasteiger partial charge in [-0.2, -0.15) is 0 Å². The van der Waals surface area contributed by atoms with E-state index in [0.29, 0.717) is 41.7 Å². The van der Waals surface area contributed by atoms with Gasteiger partial charge in [0.25, 0.3) is 0 Å². The van der Waals surface area contributed by atoms with E-state index in [9.17, 15) is 13.6 Å². The fourth-order valence-corrected chi connectivity index (χ4v) is 5.47. The molecule has 4 heterocycles. The topological polar surface area (TPSA) is 76.0 Å². The smallest absolute Gasteiger partial charge is 0.338 e. The van der Waals surface area contributed by atoms with E-state index < -0.39 is 30.0 Å². The Kier molecular flexibility index (Phi) is 6.17. The quantitative estimate of drug-likeness (QED) is 0.643. The van der Waals surface area contributed by atoms with Crippen LogP contribution in [-0.4, -0.2) is 66.8 Å². The first-order valence-electron chi connectivity index (χ1n) is 10.4. The average Bonchev–Trinajstić information content (AvgIpc) is 3.38. The Morgan fingerprint density at radius 1 is 1.42 bits per heavy atom. The van der Waals surface area contributed by atoms with Crippen LogP contribution in [0.15, 0.2) is 46.0 Å². The van der Waals surface area contributed by atoms with Crippen LogP contribution in [-0.2, 0) is 14.3 Å². The van der Waals surface area contributed by atoms with Gasteiger partial charge in [0.15, 0.2) is 10.8 Å². The fraction of sp³-hybridized carbons (Fsp3) is 0.409. The zero-order chi connectivity index (χ0) is 23.1. The van der Waals surface area contributed by atoms with Gasteiger partial charge in [-0.1, -0.05) is 17.7 Å². The molecule has 11 heteroatoms. The van der Waals surface area contributed by atoms with Crippen molar-refractivity contribution < 1.29 is 23.0 Å². The van der Waals surface area contributed by atoms with Gasteiger partial charge in [0.05, 0.1) is 31.9 Å². The molecule has 3 unspecified atom stereocenters. The normalized spacial score (nSPS) is 27.3. The monoisotopic (exact) mass is 494 g/mol.